The van der Waals surface area contributed by atoms with Gasteiger partial charge in [-0.3, -0.25) is 0 Å². The maximum absolute atomic E-state index is 13.9. The molecule has 0 aromatic heterocycles. The Kier molecular flexibility index (Phi) is 6.59. The molecule has 1 fully saturated rings. The molecular weight excluding hydrogens is 349 g/mol. The number of aliphatic hydroxyl groups excluding tert-OH is 1. The molecule has 1 N–H and O–H groups in total. The van der Waals surface area contributed by atoms with Crippen LogP contribution in [0.15, 0.2) is 36.4 Å². The maximum Gasteiger partial charge on any atom is 0.161 e. The number of aliphatic hydroxyl groups is 1. The van der Waals surface area contributed by atoms with Crippen LogP contribution in [-0.2, 0) is 0 Å². The first-order valence-electron chi connectivity index (χ1n) is 9.92. The normalized spacial score (nSPS) is 21.2. The molecule has 0 saturated heterocycles. The van der Waals surface area contributed by atoms with Crippen LogP contribution in [0.4, 0.5) is 13.2 Å². The molecule has 4 heteroatoms. The Morgan fingerprint density at radius 1 is 0.926 bits per heavy atom. The number of unbranched alkanes of at least 4 members (excludes halogenated alkanes) is 1. The molecule has 0 aliphatic heterocycles. The molecule has 1 saturated carbocycles. The molecule has 1 nitrogen and oxygen atoms in total. The van der Waals surface area contributed by atoms with Gasteiger partial charge in [0.15, 0.2) is 11.6 Å². The van der Waals surface area contributed by atoms with E-state index in [1.807, 2.05) is 12.1 Å². The molecule has 0 amide bonds. The first-order valence-corrected chi connectivity index (χ1v) is 9.92. The van der Waals surface area contributed by atoms with Crippen LogP contribution in [-0.4, -0.2) is 5.11 Å². The van der Waals surface area contributed by atoms with Gasteiger partial charge < -0.3 is 5.11 Å². The summed E-state index contributed by atoms with van der Waals surface area (Å²) in [6.07, 6.45) is 7.43. The maximum atomic E-state index is 13.9. The Morgan fingerprint density at radius 3 is 2.19 bits per heavy atom. The van der Waals surface area contributed by atoms with E-state index in [0.29, 0.717) is 17.5 Å². The van der Waals surface area contributed by atoms with Crippen molar-refractivity contribution in [2.45, 2.75) is 63.9 Å². The van der Waals surface area contributed by atoms with Crippen molar-refractivity contribution in [1.82, 2.24) is 0 Å². The quantitative estimate of drug-likeness (QED) is 0.560. The van der Waals surface area contributed by atoms with Crippen molar-refractivity contribution in [3.8, 4) is 0 Å². The monoisotopic (exact) mass is 376 g/mol. The topological polar surface area (TPSA) is 20.2 Å². The van der Waals surface area contributed by atoms with Crippen molar-refractivity contribution < 1.29 is 18.3 Å². The largest absolute Gasteiger partial charge is 0.384 e. The molecule has 0 bridgehead atoms. The van der Waals surface area contributed by atoms with Crippen LogP contribution in [0.25, 0.3) is 0 Å². The van der Waals surface area contributed by atoms with Gasteiger partial charge >= 0.3 is 0 Å². The van der Waals surface area contributed by atoms with Gasteiger partial charge in [-0.15, -0.1) is 0 Å². The molecule has 0 heterocycles. The number of halogens is 3. The zero-order valence-corrected chi connectivity index (χ0v) is 15.7. The van der Waals surface area contributed by atoms with E-state index in [1.54, 1.807) is 12.1 Å². The number of rotatable bonds is 6. The molecular formula is C23H27F3O. The summed E-state index contributed by atoms with van der Waals surface area (Å²) in [7, 11) is 0. The van der Waals surface area contributed by atoms with Gasteiger partial charge in [-0.25, -0.2) is 13.2 Å². The van der Waals surface area contributed by atoms with Crippen LogP contribution in [0, 0.1) is 23.4 Å². The van der Waals surface area contributed by atoms with Crippen molar-refractivity contribution in [3.05, 3.63) is 70.5 Å². The fourth-order valence-corrected chi connectivity index (χ4v) is 4.15. The first-order chi connectivity index (χ1) is 13.0. The second-order valence-corrected chi connectivity index (χ2v) is 7.72. The summed E-state index contributed by atoms with van der Waals surface area (Å²) in [6.45, 7) is 2.23. The molecule has 27 heavy (non-hydrogen) atoms. The highest BCUT2D eigenvalue weighted by Crippen LogP contribution is 2.38. The fraction of sp³-hybridized carbons (Fsp3) is 0.478. The van der Waals surface area contributed by atoms with E-state index in [0.717, 1.165) is 12.0 Å². The van der Waals surface area contributed by atoms with E-state index in [1.165, 1.54) is 50.5 Å². The van der Waals surface area contributed by atoms with E-state index >= 15 is 0 Å². The van der Waals surface area contributed by atoms with Crippen LogP contribution < -0.4 is 0 Å². The highest BCUT2D eigenvalue weighted by atomic mass is 19.2. The van der Waals surface area contributed by atoms with Crippen molar-refractivity contribution in [2.24, 2.45) is 5.92 Å². The van der Waals surface area contributed by atoms with Crippen LogP contribution >= 0.6 is 0 Å². The van der Waals surface area contributed by atoms with Crippen molar-refractivity contribution in [1.29, 1.82) is 0 Å². The Labute approximate surface area is 159 Å². The highest BCUT2D eigenvalue weighted by Gasteiger charge is 2.23. The van der Waals surface area contributed by atoms with Crippen LogP contribution in [0.1, 0.15) is 80.6 Å². The minimum atomic E-state index is -1.32. The van der Waals surface area contributed by atoms with Gasteiger partial charge in [-0.1, -0.05) is 50.5 Å². The molecule has 0 spiro atoms. The highest BCUT2D eigenvalue weighted by molar-refractivity contribution is 5.34. The van der Waals surface area contributed by atoms with Gasteiger partial charge in [0.2, 0.25) is 0 Å². The summed E-state index contributed by atoms with van der Waals surface area (Å²) >= 11 is 0. The third-order valence-corrected chi connectivity index (χ3v) is 5.87. The summed E-state index contributed by atoms with van der Waals surface area (Å²) in [5.74, 6) is -2.00. The van der Waals surface area contributed by atoms with Crippen LogP contribution in [0.5, 0.6) is 0 Å². The summed E-state index contributed by atoms with van der Waals surface area (Å²) in [5, 5.41) is 10.4. The molecule has 146 valence electrons. The molecule has 1 aliphatic carbocycles. The van der Waals surface area contributed by atoms with Crippen LogP contribution in [0.3, 0.4) is 0 Å². The average Bonchev–Trinajstić information content (AvgIpc) is 2.69. The Balaban J connectivity index is 1.66. The summed E-state index contributed by atoms with van der Waals surface area (Å²) < 4.78 is 40.4. The lowest BCUT2D eigenvalue weighted by Crippen LogP contribution is -2.13. The summed E-state index contributed by atoms with van der Waals surface area (Å²) in [6, 6.07) is 8.63. The van der Waals surface area contributed by atoms with Gasteiger partial charge in [0.25, 0.3) is 0 Å². The lowest BCUT2D eigenvalue weighted by molar-refractivity contribution is 0.213. The van der Waals surface area contributed by atoms with Gasteiger partial charge in [-0.05, 0) is 54.7 Å². The Morgan fingerprint density at radius 2 is 1.56 bits per heavy atom. The summed E-state index contributed by atoms with van der Waals surface area (Å²) in [4.78, 5) is 0. The van der Waals surface area contributed by atoms with E-state index in [2.05, 4.69) is 6.92 Å². The summed E-state index contributed by atoms with van der Waals surface area (Å²) in [5.41, 5.74) is 1.45. The molecule has 1 unspecified atom stereocenters. The lowest BCUT2D eigenvalue weighted by atomic mass is 9.77. The minimum Gasteiger partial charge on any atom is -0.384 e. The van der Waals surface area contributed by atoms with Gasteiger partial charge in [-0.2, -0.15) is 0 Å². The first kappa shape index (κ1) is 19.9. The number of hydrogen-bond acceptors (Lipinski definition) is 1. The molecule has 2 aromatic carbocycles. The SMILES string of the molecule is CCCCC1CCC(c2ccc(C(O)c3cc(F)c(F)cc3F)cc2)CC1. The van der Waals surface area contributed by atoms with E-state index < -0.39 is 23.6 Å². The molecule has 1 aliphatic rings. The third-order valence-electron chi connectivity index (χ3n) is 5.87. The minimum absolute atomic E-state index is 0.252. The zero-order chi connectivity index (χ0) is 19.4. The second-order valence-electron chi connectivity index (χ2n) is 7.72. The predicted molar refractivity (Wildman–Crippen MR) is 101 cm³/mol. The Hall–Kier alpha value is -1.81. The molecule has 3 rings (SSSR count). The van der Waals surface area contributed by atoms with Crippen molar-refractivity contribution >= 4 is 0 Å². The number of benzene rings is 2. The average molecular weight is 376 g/mol. The number of hydrogen-bond donors (Lipinski definition) is 1. The van der Waals surface area contributed by atoms with Gasteiger partial charge in [0.05, 0.1) is 0 Å². The van der Waals surface area contributed by atoms with Crippen molar-refractivity contribution in [3.63, 3.8) is 0 Å². The third kappa shape index (κ3) is 4.73. The van der Waals surface area contributed by atoms with Crippen LogP contribution in [0.2, 0.25) is 0 Å². The smallest absolute Gasteiger partial charge is 0.161 e. The van der Waals surface area contributed by atoms with Gasteiger partial charge in [0, 0.05) is 11.6 Å². The predicted octanol–water partition coefficient (Wildman–Crippen LogP) is 6.65. The zero-order valence-electron chi connectivity index (χ0n) is 15.7. The van der Waals surface area contributed by atoms with E-state index in [4.69, 9.17) is 0 Å². The van der Waals surface area contributed by atoms with Gasteiger partial charge in [0.1, 0.15) is 11.9 Å². The standard InChI is InChI=1S/C23H27F3O/c1-2-3-4-15-5-7-16(8-6-15)17-9-11-18(12-10-17)23(27)19-13-21(25)22(26)14-20(19)24/h9-16,23,27H,2-8H2,1H3. The molecule has 2 aromatic rings. The van der Waals surface area contributed by atoms with E-state index in [-0.39, 0.29) is 5.56 Å². The second kappa shape index (κ2) is 8.92. The van der Waals surface area contributed by atoms with Crippen molar-refractivity contribution in [2.75, 3.05) is 0 Å². The molecule has 1 atom stereocenters. The fourth-order valence-electron chi connectivity index (χ4n) is 4.15. The Bertz CT molecular complexity index is 749. The molecule has 0 radical (unpaired) electrons. The van der Waals surface area contributed by atoms with E-state index in [9.17, 15) is 18.3 Å². The lowest BCUT2D eigenvalue weighted by Gasteiger charge is -2.29.